The largest absolute Gasteiger partial charge is 0.496 e. The normalized spacial score (nSPS) is 15.2. The lowest BCUT2D eigenvalue weighted by Gasteiger charge is -2.22. The lowest BCUT2D eigenvalue weighted by Crippen LogP contribution is -2.35. The summed E-state index contributed by atoms with van der Waals surface area (Å²) in [5.41, 5.74) is 2.58. The number of amides is 2. The van der Waals surface area contributed by atoms with E-state index in [0.717, 1.165) is 42.7 Å². The van der Waals surface area contributed by atoms with Gasteiger partial charge >= 0.3 is 6.03 Å². The van der Waals surface area contributed by atoms with Crippen LogP contribution < -0.4 is 20.7 Å². The zero-order valence-electron chi connectivity index (χ0n) is 18.3. The Bertz CT molecular complexity index is 1060. The topological polar surface area (TPSA) is 110 Å². The number of aromatic nitrogens is 3. The van der Waals surface area contributed by atoms with Crippen LogP contribution in [0.1, 0.15) is 31.4 Å². The minimum absolute atomic E-state index is 0.0428. The molecule has 3 aromatic rings. The third kappa shape index (κ3) is 5.42. The van der Waals surface area contributed by atoms with Gasteiger partial charge in [0, 0.05) is 50.1 Å². The molecule has 1 unspecified atom stereocenters. The second kappa shape index (κ2) is 10.2. The number of fused-ring (bicyclic) bond motifs is 1. The summed E-state index contributed by atoms with van der Waals surface area (Å²) in [5.74, 6) is 1.33. The Morgan fingerprint density at radius 2 is 2.12 bits per heavy atom. The highest BCUT2D eigenvalue weighted by atomic mass is 16.5. The number of anilines is 2. The average molecular weight is 437 g/mol. The maximum Gasteiger partial charge on any atom is 0.321 e. The second-order valence-corrected chi connectivity index (χ2v) is 7.85. The lowest BCUT2D eigenvalue weighted by molar-refractivity contribution is 0.0671. The summed E-state index contributed by atoms with van der Waals surface area (Å²) < 4.78 is 10.9. The Kier molecular flexibility index (Phi) is 6.96. The van der Waals surface area contributed by atoms with E-state index in [-0.39, 0.29) is 18.0 Å². The van der Waals surface area contributed by atoms with Crippen LogP contribution in [0.4, 0.5) is 16.4 Å². The molecule has 1 aliphatic rings. The molecule has 1 atom stereocenters. The molecule has 4 rings (SSSR count). The van der Waals surface area contributed by atoms with Crippen molar-refractivity contribution in [1.82, 2.24) is 20.3 Å². The van der Waals surface area contributed by atoms with Crippen LogP contribution >= 0.6 is 0 Å². The van der Waals surface area contributed by atoms with Crippen molar-refractivity contribution in [1.29, 1.82) is 0 Å². The van der Waals surface area contributed by atoms with Crippen molar-refractivity contribution in [2.45, 2.75) is 25.8 Å². The molecule has 32 heavy (non-hydrogen) atoms. The summed E-state index contributed by atoms with van der Waals surface area (Å²) in [5, 5.41) is 9.84. The van der Waals surface area contributed by atoms with E-state index in [1.54, 1.807) is 19.5 Å². The van der Waals surface area contributed by atoms with Gasteiger partial charge in [-0.05, 0) is 43.4 Å². The van der Waals surface area contributed by atoms with Gasteiger partial charge in [0.05, 0.1) is 24.1 Å². The molecule has 0 spiro atoms. The number of nitrogens with one attached hydrogen (secondary N) is 3. The maximum absolute atomic E-state index is 12.3. The van der Waals surface area contributed by atoms with Crippen LogP contribution in [0.15, 0.2) is 42.9 Å². The Hall–Kier alpha value is -3.46. The number of benzene rings is 1. The highest BCUT2D eigenvalue weighted by Gasteiger charge is 2.16. The van der Waals surface area contributed by atoms with Crippen LogP contribution in [0.3, 0.4) is 0 Å². The molecule has 0 radical (unpaired) electrons. The standard InChI is InChI=1S/C23H28N6O3/c1-15(17-4-3-7-24-13-17)27-18-10-20-19(21(11-18)31-2)14-25-22(28-20)29-23(30)26-12-16-5-8-32-9-6-16/h3-4,7,10-11,13-16,27H,5-6,8-9,12H2,1-2H3,(H2,25,26,28,29,30). The van der Waals surface area contributed by atoms with Crippen LogP contribution in [0.5, 0.6) is 5.75 Å². The molecule has 3 heterocycles. The van der Waals surface area contributed by atoms with Crippen molar-refractivity contribution in [3.05, 3.63) is 48.4 Å². The fraction of sp³-hybridized carbons (Fsp3) is 0.391. The maximum atomic E-state index is 12.3. The molecule has 1 aromatic carbocycles. The Morgan fingerprint density at radius 3 is 2.88 bits per heavy atom. The summed E-state index contributed by atoms with van der Waals surface area (Å²) in [6.45, 7) is 4.17. The predicted molar refractivity (Wildman–Crippen MR) is 123 cm³/mol. The Labute approximate surface area is 187 Å². The summed E-state index contributed by atoms with van der Waals surface area (Å²) in [7, 11) is 1.61. The van der Waals surface area contributed by atoms with Crippen molar-refractivity contribution < 1.29 is 14.3 Å². The smallest absolute Gasteiger partial charge is 0.321 e. The van der Waals surface area contributed by atoms with Gasteiger partial charge in [0.25, 0.3) is 0 Å². The van der Waals surface area contributed by atoms with E-state index in [2.05, 4.69) is 37.8 Å². The van der Waals surface area contributed by atoms with E-state index in [0.29, 0.717) is 23.7 Å². The number of pyridine rings is 1. The first kappa shape index (κ1) is 21.8. The SMILES string of the molecule is COc1cc(NC(C)c2cccnc2)cc2nc(NC(=O)NCC3CCOCC3)ncc12. The fourth-order valence-electron chi connectivity index (χ4n) is 3.71. The number of nitrogens with zero attached hydrogens (tertiary/aromatic N) is 3. The predicted octanol–water partition coefficient (Wildman–Crippen LogP) is 3.75. The molecule has 0 aliphatic carbocycles. The number of hydrogen-bond acceptors (Lipinski definition) is 7. The first-order valence-electron chi connectivity index (χ1n) is 10.8. The molecule has 1 saturated heterocycles. The van der Waals surface area contributed by atoms with Crippen LogP contribution in [0.25, 0.3) is 10.9 Å². The molecule has 9 nitrogen and oxygen atoms in total. The lowest BCUT2D eigenvalue weighted by atomic mass is 10.0. The van der Waals surface area contributed by atoms with Gasteiger partial charge in [-0.1, -0.05) is 6.07 Å². The third-order valence-corrected chi connectivity index (χ3v) is 5.57. The van der Waals surface area contributed by atoms with Crippen molar-refractivity contribution in [3.8, 4) is 5.75 Å². The zero-order chi connectivity index (χ0) is 22.3. The van der Waals surface area contributed by atoms with Gasteiger partial charge in [-0.2, -0.15) is 0 Å². The van der Waals surface area contributed by atoms with Gasteiger partial charge in [-0.25, -0.2) is 14.8 Å². The van der Waals surface area contributed by atoms with E-state index in [9.17, 15) is 4.79 Å². The van der Waals surface area contributed by atoms with Crippen molar-refractivity contribution in [3.63, 3.8) is 0 Å². The van der Waals surface area contributed by atoms with Crippen molar-refractivity contribution >= 4 is 28.6 Å². The first-order chi connectivity index (χ1) is 15.6. The molecular formula is C23H28N6O3. The number of carbonyl (C=O) groups excluding carboxylic acids is 1. The summed E-state index contributed by atoms with van der Waals surface area (Å²) >= 11 is 0. The Morgan fingerprint density at radius 1 is 1.28 bits per heavy atom. The number of ether oxygens (including phenoxy) is 2. The number of carbonyl (C=O) groups is 1. The van der Waals surface area contributed by atoms with Gasteiger partial charge in [0.1, 0.15) is 5.75 Å². The number of urea groups is 1. The van der Waals surface area contributed by atoms with Crippen LogP contribution in [0.2, 0.25) is 0 Å². The fourth-order valence-corrected chi connectivity index (χ4v) is 3.71. The van der Waals surface area contributed by atoms with E-state index < -0.39 is 0 Å². The first-order valence-corrected chi connectivity index (χ1v) is 10.8. The Balaban J connectivity index is 1.47. The summed E-state index contributed by atoms with van der Waals surface area (Å²) in [6, 6.07) is 7.48. The second-order valence-electron chi connectivity index (χ2n) is 7.85. The zero-order valence-corrected chi connectivity index (χ0v) is 18.3. The molecule has 0 saturated carbocycles. The molecule has 168 valence electrons. The summed E-state index contributed by atoms with van der Waals surface area (Å²) in [6.07, 6.45) is 7.16. The minimum Gasteiger partial charge on any atom is -0.496 e. The van der Waals surface area contributed by atoms with Crippen molar-refractivity contribution in [2.75, 3.05) is 37.5 Å². The van der Waals surface area contributed by atoms with Crippen molar-refractivity contribution in [2.24, 2.45) is 5.92 Å². The molecular weight excluding hydrogens is 408 g/mol. The molecule has 1 fully saturated rings. The van der Waals surface area contributed by atoms with Gasteiger partial charge in [0.2, 0.25) is 5.95 Å². The number of methoxy groups -OCH3 is 1. The molecule has 2 aromatic heterocycles. The number of hydrogen-bond donors (Lipinski definition) is 3. The molecule has 9 heteroatoms. The molecule has 0 bridgehead atoms. The minimum atomic E-state index is -0.317. The van der Waals surface area contributed by atoms with Crippen LogP contribution in [-0.4, -0.2) is 47.9 Å². The van der Waals surface area contributed by atoms with E-state index in [1.165, 1.54) is 0 Å². The average Bonchev–Trinajstić information content (AvgIpc) is 2.83. The highest BCUT2D eigenvalue weighted by molar-refractivity contribution is 5.91. The highest BCUT2D eigenvalue weighted by Crippen LogP contribution is 2.30. The van der Waals surface area contributed by atoms with Gasteiger partial charge in [0.15, 0.2) is 0 Å². The molecule has 2 amide bonds. The van der Waals surface area contributed by atoms with Crippen LogP contribution in [-0.2, 0) is 4.74 Å². The van der Waals surface area contributed by atoms with Crippen LogP contribution in [0, 0.1) is 5.92 Å². The van der Waals surface area contributed by atoms with Gasteiger partial charge < -0.3 is 20.1 Å². The van der Waals surface area contributed by atoms with Gasteiger partial charge in [-0.15, -0.1) is 0 Å². The van der Waals surface area contributed by atoms with E-state index in [1.807, 2.05) is 30.5 Å². The quantitative estimate of drug-likeness (QED) is 0.517. The monoisotopic (exact) mass is 436 g/mol. The van der Waals surface area contributed by atoms with E-state index >= 15 is 0 Å². The number of rotatable bonds is 7. The van der Waals surface area contributed by atoms with Gasteiger partial charge in [-0.3, -0.25) is 10.3 Å². The summed E-state index contributed by atoms with van der Waals surface area (Å²) in [4.78, 5) is 25.3. The molecule has 3 N–H and O–H groups in total. The molecule has 1 aliphatic heterocycles. The third-order valence-electron chi connectivity index (χ3n) is 5.57. The van der Waals surface area contributed by atoms with E-state index in [4.69, 9.17) is 9.47 Å².